The highest BCUT2D eigenvalue weighted by Gasteiger charge is 2.21. The van der Waals surface area contributed by atoms with E-state index in [9.17, 15) is 4.79 Å². The van der Waals surface area contributed by atoms with Crippen molar-refractivity contribution in [1.82, 2.24) is 4.90 Å². The largest absolute Gasteiger partial charge is 0.475 e. The van der Waals surface area contributed by atoms with Crippen LogP contribution in [0.3, 0.4) is 0 Å². The van der Waals surface area contributed by atoms with Gasteiger partial charge in [-0.05, 0) is 25.6 Å². The number of carbonyl (C=O) groups is 1. The van der Waals surface area contributed by atoms with E-state index in [1.165, 1.54) is 6.07 Å². The smallest absolute Gasteiger partial charge is 0.371 e. The van der Waals surface area contributed by atoms with Crippen LogP contribution in [0.15, 0.2) is 16.5 Å². The Kier molecular flexibility index (Phi) is 3.26. The van der Waals surface area contributed by atoms with E-state index >= 15 is 0 Å². The molecule has 0 bridgehead atoms. The number of likely N-dealkylation sites (N-methyl/N-ethyl adjacent to an activating group) is 1. The Bertz CT molecular complexity index is 368. The lowest BCUT2D eigenvalue weighted by atomic mass is 10.2. The molecule has 0 radical (unpaired) electrons. The lowest BCUT2D eigenvalue weighted by Crippen LogP contribution is -2.31. The number of furan rings is 1. The maximum absolute atomic E-state index is 10.6. The minimum atomic E-state index is -1.03. The summed E-state index contributed by atoms with van der Waals surface area (Å²) < 4.78 is 10.5. The van der Waals surface area contributed by atoms with Crippen LogP contribution in [0.4, 0.5) is 0 Å². The van der Waals surface area contributed by atoms with Crippen molar-refractivity contribution in [2.24, 2.45) is 0 Å². The van der Waals surface area contributed by atoms with Crippen LogP contribution in [0.2, 0.25) is 0 Å². The fraction of sp³-hybridized carbons (Fsp3) is 0.545. The van der Waals surface area contributed by atoms with Crippen molar-refractivity contribution in [2.75, 3.05) is 20.3 Å². The molecule has 2 rings (SSSR count). The minimum absolute atomic E-state index is 0.00827. The second-order valence-electron chi connectivity index (χ2n) is 4.00. The third kappa shape index (κ3) is 2.43. The van der Waals surface area contributed by atoms with E-state index in [1.807, 2.05) is 7.05 Å². The van der Waals surface area contributed by atoms with Gasteiger partial charge in [0.05, 0.1) is 13.2 Å². The highest BCUT2D eigenvalue weighted by atomic mass is 16.5. The summed E-state index contributed by atoms with van der Waals surface area (Å²) in [6.45, 7) is 2.15. The number of hydrogen-bond acceptors (Lipinski definition) is 4. The van der Waals surface area contributed by atoms with E-state index in [0.29, 0.717) is 18.3 Å². The van der Waals surface area contributed by atoms with Crippen molar-refractivity contribution >= 4 is 5.97 Å². The molecule has 1 fully saturated rings. The predicted molar refractivity (Wildman–Crippen MR) is 56.4 cm³/mol. The zero-order valence-corrected chi connectivity index (χ0v) is 9.18. The molecule has 88 valence electrons. The van der Waals surface area contributed by atoms with Crippen LogP contribution in [0.25, 0.3) is 0 Å². The third-order valence-electron chi connectivity index (χ3n) is 2.81. The average molecular weight is 225 g/mol. The molecule has 1 saturated heterocycles. The highest BCUT2D eigenvalue weighted by Crippen LogP contribution is 2.15. The summed E-state index contributed by atoms with van der Waals surface area (Å²) in [5.74, 6) is -0.365. The van der Waals surface area contributed by atoms with E-state index in [2.05, 4.69) is 4.90 Å². The lowest BCUT2D eigenvalue weighted by Gasteiger charge is -2.21. The molecule has 16 heavy (non-hydrogen) atoms. The topological polar surface area (TPSA) is 62.9 Å². The standard InChI is InChI=1S/C11H15NO4/c1-12(8-4-5-15-7-8)6-9-2-3-10(16-9)11(13)14/h2-3,8H,4-7H2,1H3,(H,13,14). The number of hydrogen-bond donors (Lipinski definition) is 1. The number of carboxylic acid groups (broad SMARTS) is 1. The summed E-state index contributed by atoms with van der Waals surface area (Å²) in [4.78, 5) is 12.8. The number of nitrogens with zero attached hydrogens (tertiary/aromatic N) is 1. The van der Waals surface area contributed by atoms with Crippen molar-refractivity contribution in [3.8, 4) is 0 Å². The summed E-state index contributed by atoms with van der Waals surface area (Å²) in [7, 11) is 1.99. The molecule has 1 aliphatic heterocycles. The van der Waals surface area contributed by atoms with Gasteiger partial charge in [0.2, 0.25) is 5.76 Å². The van der Waals surface area contributed by atoms with Crippen LogP contribution < -0.4 is 0 Å². The maximum atomic E-state index is 10.6. The van der Waals surface area contributed by atoms with Gasteiger partial charge in [0.25, 0.3) is 0 Å². The predicted octanol–water partition coefficient (Wildman–Crippen LogP) is 1.20. The van der Waals surface area contributed by atoms with Gasteiger partial charge in [-0.3, -0.25) is 4.90 Å². The van der Waals surface area contributed by atoms with Crippen molar-refractivity contribution in [3.63, 3.8) is 0 Å². The van der Waals surface area contributed by atoms with Crippen LogP contribution in [0.1, 0.15) is 22.7 Å². The molecule has 0 spiro atoms. The Balaban J connectivity index is 1.94. The van der Waals surface area contributed by atoms with Crippen LogP contribution in [0.5, 0.6) is 0 Å². The Labute approximate surface area is 93.6 Å². The monoisotopic (exact) mass is 225 g/mol. The summed E-state index contributed by atoms with van der Waals surface area (Å²) in [5.41, 5.74) is 0. The Hall–Kier alpha value is -1.33. The molecule has 2 heterocycles. The molecule has 5 heteroatoms. The first-order valence-electron chi connectivity index (χ1n) is 5.27. The molecule has 0 aromatic carbocycles. The van der Waals surface area contributed by atoms with E-state index < -0.39 is 5.97 Å². The van der Waals surface area contributed by atoms with Gasteiger partial charge in [0.15, 0.2) is 0 Å². The summed E-state index contributed by atoms with van der Waals surface area (Å²) in [5, 5.41) is 8.72. The second kappa shape index (κ2) is 4.67. The number of ether oxygens (including phenoxy) is 1. The first-order chi connectivity index (χ1) is 7.66. The SMILES string of the molecule is CN(Cc1ccc(C(=O)O)o1)C1CCOC1. The summed E-state index contributed by atoms with van der Waals surface area (Å²) >= 11 is 0. The third-order valence-corrected chi connectivity index (χ3v) is 2.81. The zero-order valence-electron chi connectivity index (χ0n) is 9.18. The fourth-order valence-corrected chi connectivity index (χ4v) is 1.82. The minimum Gasteiger partial charge on any atom is -0.475 e. The quantitative estimate of drug-likeness (QED) is 0.834. The van der Waals surface area contributed by atoms with Crippen molar-refractivity contribution in [1.29, 1.82) is 0 Å². The van der Waals surface area contributed by atoms with Crippen molar-refractivity contribution in [2.45, 2.75) is 19.0 Å². The molecule has 5 nitrogen and oxygen atoms in total. The summed E-state index contributed by atoms with van der Waals surface area (Å²) in [6.07, 6.45) is 1.02. The van der Waals surface area contributed by atoms with Gasteiger partial charge < -0.3 is 14.3 Å². The molecular weight excluding hydrogens is 210 g/mol. The van der Waals surface area contributed by atoms with E-state index in [-0.39, 0.29) is 5.76 Å². The van der Waals surface area contributed by atoms with Gasteiger partial charge in [-0.2, -0.15) is 0 Å². The highest BCUT2D eigenvalue weighted by molar-refractivity contribution is 5.84. The molecule has 1 unspecified atom stereocenters. The molecule has 0 aliphatic carbocycles. The normalized spacial score (nSPS) is 20.5. The Morgan fingerprint density at radius 2 is 2.44 bits per heavy atom. The van der Waals surface area contributed by atoms with Crippen molar-refractivity contribution in [3.05, 3.63) is 23.7 Å². The van der Waals surface area contributed by atoms with E-state index in [0.717, 1.165) is 19.6 Å². The molecule has 1 aliphatic rings. The van der Waals surface area contributed by atoms with E-state index in [1.54, 1.807) is 6.07 Å². The Morgan fingerprint density at radius 1 is 1.62 bits per heavy atom. The van der Waals surface area contributed by atoms with Gasteiger partial charge in [0.1, 0.15) is 5.76 Å². The second-order valence-corrected chi connectivity index (χ2v) is 4.00. The molecule has 1 N–H and O–H groups in total. The summed E-state index contributed by atoms with van der Waals surface area (Å²) in [6, 6.07) is 3.59. The van der Waals surface area contributed by atoms with Gasteiger partial charge in [-0.25, -0.2) is 4.79 Å². The number of carboxylic acids is 1. The zero-order chi connectivity index (χ0) is 11.5. The molecule has 0 amide bonds. The van der Waals surface area contributed by atoms with Crippen molar-refractivity contribution < 1.29 is 19.1 Å². The molecule has 1 aromatic rings. The molecule has 1 atom stereocenters. The lowest BCUT2D eigenvalue weighted by molar-refractivity contribution is 0.0657. The fourth-order valence-electron chi connectivity index (χ4n) is 1.82. The first kappa shape index (κ1) is 11.2. The average Bonchev–Trinajstić information content (AvgIpc) is 2.87. The van der Waals surface area contributed by atoms with Gasteiger partial charge in [-0.15, -0.1) is 0 Å². The molecule has 0 saturated carbocycles. The molecular formula is C11H15NO4. The van der Waals surface area contributed by atoms with Gasteiger partial charge in [0, 0.05) is 12.6 Å². The maximum Gasteiger partial charge on any atom is 0.371 e. The number of rotatable bonds is 4. The van der Waals surface area contributed by atoms with Gasteiger partial charge in [-0.1, -0.05) is 0 Å². The van der Waals surface area contributed by atoms with Crippen LogP contribution in [-0.2, 0) is 11.3 Å². The van der Waals surface area contributed by atoms with E-state index in [4.69, 9.17) is 14.3 Å². The van der Waals surface area contributed by atoms with Crippen LogP contribution in [0, 0.1) is 0 Å². The number of aromatic carboxylic acids is 1. The first-order valence-corrected chi connectivity index (χ1v) is 5.27. The molecule has 1 aromatic heterocycles. The van der Waals surface area contributed by atoms with Crippen LogP contribution >= 0.6 is 0 Å². The van der Waals surface area contributed by atoms with Crippen LogP contribution in [-0.4, -0.2) is 42.3 Å². The van der Waals surface area contributed by atoms with Gasteiger partial charge >= 0.3 is 5.97 Å². The Morgan fingerprint density at radius 3 is 3.00 bits per heavy atom.